The van der Waals surface area contributed by atoms with Crippen molar-refractivity contribution in [1.82, 2.24) is 4.98 Å². The average molecular weight is 374 g/mol. The molecular formula is C22H18N2O4. The third kappa shape index (κ3) is 3.81. The predicted molar refractivity (Wildman–Crippen MR) is 106 cm³/mol. The number of carbonyl (C=O) groups is 1. The molecule has 1 heterocycles. The van der Waals surface area contributed by atoms with Gasteiger partial charge in [-0.2, -0.15) is 4.98 Å². The van der Waals surface area contributed by atoms with E-state index in [1.54, 1.807) is 12.1 Å². The highest BCUT2D eigenvalue weighted by Crippen LogP contribution is 2.26. The fourth-order valence-electron chi connectivity index (χ4n) is 3.02. The molecule has 1 aromatic heterocycles. The zero-order valence-electron chi connectivity index (χ0n) is 14.9. The van der Waals surface area contributed by atoms with Crippen LogP contribution in [0.15, 0.2) is 77.2 Å². The van der Waals surface area contributed by atoms with Crippen molar-refractivity contribution < 1.29 is 19.4 Å². The number of hydrogen-bond donors (Lipinski definition) is 3. The van der Waals surface area contributed by atoms with Crippen molar-refractivity contribution in [1.29, 1.82) is 0 Å². The molecule has 0 bridgehead atoms. The van der Waals surface area contributed by atoms with E-state index in [9.17, 15) is 15.0 Å². The summed E-state index contributed by atoms with van der Waals surface area (Å²) in [4.78, 5) is 16.0. The second-order valence-electron chi connectivity index (χ2n) is 6.47. The van der Waals surface area contributed by atoms with Crippen LogP contribution in [0.25, 0.3) is 22.2 Å². The maximum Gasteiger partial charge on any atom is 0.326 e. The Morgan fingerprint density at radius 2 is 1.75 bits per heavy atom. The number of aliphatic carboxylic acids is 1. The number of rotatable bonds is 6. The molecule has 4 aromatic rings. The maximum atomic E-state index is 11.6. The summed E-state index contributed by atoms with van der Waals surface area (Å²) in [6.45, 7) is 0. The number of hydrogen-bond acceptors (Lipinski definition) is 5. The first kappa shape index (κ1) is 17.6. The average Bonchev–Trinajstić information content (AvgIpc) is 3.11. The Morgan fingerprint density at radius 3 is 2.46 bits per heavy atom. The molecule has 6 heteroatoms. The number of anilines is 1. The Kier molecular flexibility index (Phi) is 4.68. The third-order valence-electron chi connectivity index (χ3n) is 4.47. The highest BCUT2D eigenvalue weighted by Gasteiger charge is 2.20. The second kappa shape index (κ2) is 7.44. The van der Waals surface area contributed by atoms with Crippen LogP contribution in [0.4, 0.5) is 6.01 Å². The topological polar surface area (TPSA) is 95.6 Å². The number of aromatic nitrogens is 1. The van der Waals surface area contributed by atoms with Gasteiger partial charge in [0, 0.05) is 6.42 Å². The van der Waals surface area contributed by atoms with E-state index in [4.69, 9.17) is 4.42 Å². The summed E-state index contributed by atoms with van der Waals surface area (Å²) >= 11 is 0. The van der Waals surface area contributed by atoms with E-state index in [0.717, 1.165) is 16.7 Å². The number of nitrogens with zero attached hydrogens (tertiary/aromatic N) is 1. The molecule has 28 heavy (non-hydrogen) atoms. The van der Waals surface area contributed by atoms with Crippen molar-refractivity contribution in [2.45, 2.75) is 12.5 Å². The number of phenolic OH excluding ortho intramolecular Hbond substituents is 1. The van der Waals surface area contributed by atoms with E-state index in [1.807, 2.05) is 48.5 Å². The lowest BCUT2D eigenvalue weighted by molar-refractivity contribution is -0.137. The van der Waals surface area contributed by atoms with Gasteiger partial charge in [0.25, 0.3) is 6.01 Å². The molecule has 3 aromatic carbocycles. The molecule has 0 saturated heterocycles. The Labute approximate surface area is 161 Å². The summed E-state index contributed by atoms with van der Waals surface area (Å²) < 4.78 is 5.67. The van der Waals surface area contributed by atoms with Gasteiger partial charge in [0.2, 0.25) is 0 Å². The van der Waals surface area contributed by atoms with Crippen LogP contribution in [0.3, 0.4) is 0 Å². The number of carboxylic acids is 1. The van der Waals surface area contributed by atoms with E-state index < -0.39 is 12.0 Å². The molecule has 0 fully saturated rings. The van der Waals surface area contributed by atoms with Crippen LogP contribution in [0, 0.1) is 0 Å². The number of oxazole rings is 1. The molecule has 0 saturated carbocycles. The van der Waals surface area contributed by atoms with Crippen LogP contribution in [-0.2, 0) is 11.2 Å². The molecule has 1 atom stereocenters. The van der Waals surface area contributed by atoms with Gasteiger partial charge in [-0.05, 0) is 41.0 Å². The summed E-state index contributed by atoms with van der Waals surface area (Å²) in [6.07, 6.45) is 0.226. The van der Waals surface area contributed by atoms with Crippen molar-refractivity contribution in [2.24, 2.45) is 0 Å². The molecule has 4 rings (SSSR count). The number of benzene rings is 3. The Balaban J connectivity index is 1.57. The second-order valence-corrected chi connectivity index (χ2v) is 6.47. The Bertz CT molecular complexity index is 1100. The van der Waals surface area contributed by atoms with E-state index in [0.29, 0.717) is 11.1 Å². The van der Waals surface area contributed by atoms with Gasteiger partial charge in [0.1, 0.15) is 17.3 Å². The molecule has 0 spiro atoms. The number of carboxylic acid groups (broad SMARTS) is 1. The first-order valence-electron chi connectivity index (χ1n) is 8.82. The minimum atomic E-state index is -1.01. The molecule has 6 nitrogen and oxygen atoms in total. The molecule has 0 aliphatic rings. The molecule has 1 unspecified atom stereocenters. The van der Waals surface area contributed by atoms with Crippen LogP contribution >= 0.6 is 0 Å². The largest absolute Gasteiger partial charge is 0.508 e. The molecule has 0 amide bonds. The van der Waals surface area contributed by atoms with Crippen LogP contribution in [0.2, 0.25) is 0 Å². The number of nitrogens with one attached hydrogen (secondary N) is 1. The van der Waals surface area contributed by atoms with Crippen LogP contribution < -0.4 is 5.32 Å². The van der Waals surface area contributed by atoms with Crippen molar-refractivity contribution in [3.05, 3.63) is 78.4 Å². The summed E-state index contributed by atoms with van der Waals surface area (Å²) in [5.41, 5.74) is 4.08. The van der Waals surface area contributed by atoms with Gasteiger partial charge in [0.15, 0.2) is 5.58 Å². The van der Waals surface area contributed by atoms with Gasteiger partial charge in [-0.1, -0.05) is 48.5 Å². The van der Waals surface area contributed by atoms with Crippen molar-refractivity contribution in [2.75, 3.05) is 5.32 Å². The van der Waals surface area contributed by atoms with Crippen LogP contribution in [0.1, 0.15) is 5.56 Å². The number of phenols is 1. The fraction of sp³-hybridized carbons (Fsp3) is 0.0909. The quantitative estimate of drug-likeness (QED) is 0.465. The van der Waals surface area contributed by atoms with Crippen molar-refractivity contribution >= 4 is 23.1 Å². The lowest BCUT2D eigenvalue weighted by Crippen LogP contribution is -2.31. The molecular weight excluding hydrogens is 356 g/mol. The molecule has 140 valence electrons. The van der Waals surface area contributed by atoms with Gasteiger partial charge in [-0.3, -0.25) is 0 Å². The van der Waals surface area contributed by atoms with E-state index in [-0.39, 0.29) is 18.2 Å². The minimum absolute atomic E-state index is 0.136. The minimum Gasteiger partial charge on any atom is -0.508 e. The van der Waals surface area contributed by atoms with Gasteiger partial charge >= 0.3 is 5.97 Å². The van der Waals surface area contributed by atoms with Crippen molar-refractivity contribution in [3.8, 4) is 16.9 Å². The standard InChI is InChI=1S/C22H18N2O4/c25-17-9-6-14(7-10-17)12-19(21(26)27)24-22-23-18-13-16(8-11-20(18)28-22)15-4-2-1-3-5-15/h1-11,13,19,25H,12H2,(H,23,24)(H,26,27). The Morgan fingerprint density at radius 1 is 1.00 bits per heavy atom. The van der Waals surface area contributed by atoms with Gasteiger partial charge in [0.05, 0.1) is 0 Å². The normalized spacial score (nSPS) is 12.0. The Hall–Kier alpha value is -3.80. The molecule has 0 aliphatic heterocycles. The zero-order chi connectivity index (χ0) is 19.5. The third-order valence-corrected chi connectivity index (χ3v) is 4.47. The number of fused-ring (bicyclic) bond motifs is 1. The molecule has 3 N–H and O–H groups in total. The summed E-state index contributed by atoms with van der Waals surface area (Å²) in [7, 11) is 0. The van der Waals surface area contributed by atoms with Crippen LogP contribution in [-0.4, -0.2) is 27.2 Å². The molecule has 0 aliphatic carbocycles. The van der Waals surface area contributed by atoms with E-state index >= 15 is 0 Å². The summed E-state index contributed by atoms with van der Waals surface area (Å²) in [5.74, 6) is -0.878. The molecule has 0 radical (unpaired) electrons. The first-order valence-corrected chi connectivity index (χ1v) is 8.82. The summed E-state index contributed by atoms with van der Waals surface area (Å²) in [5, 5.41) is 21.8. The summed E-state index contributed by atoms with van der Waals surface area (Å²) in [6, 6.07) is 21.3. The smallest absolute Gasteiger partial charge is 0.326 e. The monoisotopic (exact) mass is 374 g/mol. The highest BCUT2D eigenvalue weighted by molar-refractivity contribution is 5.82. The van der Waals surface area contributed by atoms with Gasteiger partial charge in [-0.25, -0.2) is 4.79 Å². The van der Waals surface area contributed by atoms with Gasteiger partial charge < -0.3 is 19.9 Å². The van der Waals surface area contributed by atoms with Gasteiger partial charge in [-0.15, -0.1) is 0 Å². The van der Waals surface area contributed by atoms with Crippen molar-refractivity contribution in [3.63, 3.8) is 0 Å². The SMILES string of the molecule is O=C(O)C(Cc1ccc(O)cc1)Nc1nc2cc(-c3ccccc3)ccc2o1. The van der Waals surface area contributed by atoms with Crippen LogP contribution in [0.5, 0.6) is 5.75 Å². The maximum absolute atomic E-state index is 11.6. The fourth-order valence-corrected chi connectivity index (χ4v) is 3.02. The zero-order valence-corrected chi connectivity index (χ0v) is 14.9. The first-order chi connectivity index (χ1) is 13.6. The van der Waals surface area contributed by atoms with E-state index in [1.165, 1.54) is 12.1 Å². The highest BCUT2D eigenvalue weighted by atomic mass is 16.4. The lowest BCUT2D eigenvalue weighted by atomic mass is 10.1. The number of aromatic hydroxyl groups is 1. The van der Waals surface area contributed by atoms with E-state index in [2.05, 4.69) is 10.3 Å². The lowest BCUT2D eigenvalue weighted by Gasteiger charge is -2.12. The predicted octanol–water partition coefficient (Wildman–Crippen LogP) is 4.31.